The number of halogens is 1. The number of barbiturate groups is 1. The second kappa shape index (κ2) is 7.55. The maximum atomic E-state index is 12.5. The molecule has 0 unspecified atom stereocenters. The van der Waals surface area contributed by atoms with E-state index in [2.05, 4.69) is 15.6 Å². The van der Waals surface area contributed by atoms with E-state index in [0.29, 0.717) is 12.8 Å². The molecule has 0 bridgehead atoms. The first-order valence-electron chi connectivity index (χ1n) is 7.24. The second-order valence-corrected chi connectivity index (χ2v) is 6.52. The summed E-state index contributed by atoms with van der Waals surface area (Å²) < 4.78 is 0. The van der Waals surface area contributed by atoms with Gasteiger partial charge in [-0.05, 0) is 29.9 Å². The van der Waals surface area contributed by atoms with Crippen molar-refractivity contribution in [3.05, 3.63) is 52.5 Å². The van der Waals surface area contributed by atoms with E-state index in [1.54, 1.807) is 12.4 Å². The fourth-order valence-electron chi connectivity index (χ4n) is 2.71. The lowest BCUT2D eigenvalue weighted by molar-refractivity contribution is -0.378. The van der Waals surface area contributed by atoms with Gasteiger partial charge in [0.25, 0.3) is 0 Å². The lowest BCUT2D eigenvalue weighted by Crippen LogP contribution is -3.00. The Labute approximate surface area is 149 Å². The van der Waals surface area contributed by atoms with Crippen LogP contribution in [0.3, 0.4) is 0 Å². The first-order chi connectivity index (χ1) is 11.1. The van der Waals surface area contributed by atoms with Crippen LogP contribution in [0.25, 0.3) is 0 Å². The average molecular weight is 366 g/mol. The number of aromatic amines is 1. The molecule has 4 amide bonds. The first kappa shape index (κ1) is 18.1. The van der Waals surface area contributed by atoms with Crippen LogP contribution in [-0.4, -0.2) is 17.8 Å². The minimum absolute atomic E-state index is 0. The van der Waals surface area contributed by atoms with Crippen LogP contribution in [-0.2, 0) is 22.4 Å². The molecule has 126 valence electrons. The van der Waals surface area contributed by atoms with E-state index in [0.717, 1.165) is 10.4 Å². The third-order valence-corrected chi connectivity index (χ3v) is 4.88. The van der Waals surface area contributed by atoms with E-state index in [1.807, 2.05) is 29.6 Å². The summed E-state index contributed by atoms with van der Waals surface area (Å²) in [5.74, 6) is -1.05. The topological polar surface area (TPSA) is 89.4 Å². The summed E-state index contributed by atoms with van der Waals surface area (Å²) in [4.78, 5) is 40.2. The lowest BCUT2D eigenvalue weighted by Gasteiger charge is -2.33. The molecule has 0 aromatic carbocycles. The Balaban J connectivity index is 0.00000208. The number of carbonyl (C=O) groups excluding carboxylic acids is 3. The monoisotopic (exact) mass is 365 g/mol. The van der Waals surface area contributed by atoms with Crippen molar-refractivity contribution < 1.29 is 31.8 Å². The molecule has 2 aromatic heterocycles. The number of hydrogen-bond donors (Lipinski definition) is 2. The van der Waals surface area contributed by atoms with Crippen molar-refractivity contribution in [1.29, 1.82) is 0 Å². The van der Waals surface area contributed by atoms with Gasteiger partial charge in [-0.2, -0.15) is 0 Å². The fraction of sp³-hybridized carbons (Fsp3) is 0.250. The summed E-state index contributed by atoms with van der Waals surface area (Å²) in [6.45, 7) is 0. The highest BCUT2D eigenvalue weighted by atomic mass is 35.5. The number of H-pyrrole nitrogens is 1. The number of imide groups is 2. The van der Waals surface area contributed by atoms with Crippen LogP contribution in [0.15, 0.2) is 42.0 Å². The third kappa shape index (κ3) is 3.63. The standard InChI is InChI=1S/C16H15N3O3S.ClH/c20-13-16(10-12-2-1-9-23-12,14(21)19-15(22)18-13)6-3-11-4-7-17-8-5-11;/h1-2,4-5,7-9H,3,6,10H2,(H2,18,19,20,21,22);1H. The average Bonchev–Trinajstić information content (AvgIpc) is 3.03. The Kier molecular flexibility index (Phi) is 5.69. The summed E-state index contributed by atoms with van der Waals surface area (Å²) in [6.07, 6.45) is 4.78. The largest absolute Gasteiger partial charge is 1.00 e. The minimum Gasteiger partial charge on any atom is -1.00 e. The van der Waals surface area contributed by atoms with Crippen molar-refractivity contribution in [2.24, 2.45) is 5.41 Å². The van der Waals surface area contributed by atoms with E-state index in [1.165, 1.54) is 11.3 Å². The van der Waals surface area contributed by atoms with Crippen molar-refractivity contribution >= 4 is 29.2 Å². The molecule has 3 N–H and O–H groups in total. The number of aromatic nitrogens is 1. The van der Waals surface area contributed by atoms with E-state index in [9.17, 15) is 14.4 Å². The molecule has 1 saturated heterocycles. The van der Waals surface area contributed by atoms with Crippen LogP contribution in [0.5, 0.6) is 0 Å². The van der Waals surface area contributed by atoms with Gasteiger partial charge in [0.2, 0.25) is 11.8 Å². The Morgan fingerprint density at radius 2 is 1.71 bits per heavy atom. The summed E-state index contributed by atoms with van der Waals surface area (Å²) in [7, 11) is 0. The van der Waals surface area contributed by atoms with Gasteiger partial charge in [-0.3, -0.25) is 20.2 Å². The van der Waals surface area contributed by atoms with E-state index >= 15 is 0 Å². The molecule has 0 saturated carbocycles. The predicted octanol–water partition coefficient (Wildman–Crippen LogP) is -1.91. The quantitative estimate of drug-likeness (QED) is 0.606. The number of pyridine rings is 1. The van der Waals surface area contributed by atoms with Crippen molar-refractivity contribution in [3.8, 4) is 0 Å². The Hall–Kier alpha value is -2.25. The van der Waals surface area contributed by atoms with Gasteiger partial charge in [-0.15, -0.1) is 11.3 Å². The minimum atomic E-state index is -1.27. The van der Waals surface area contributed by atoms with E-state index in [4.69, 9.17) is 0 Å². The van der Waals surface area contributed by atoms with Gasteiger partial charge in [-0.25, -0.2) is 9.78 Å². The fourth-order valence-corrected chi connectivity index (χ4v) is 3.53. The normalized spacial score (nSPS) is 16.1. The molecule has 6 nitrogen and oxygen atoms in total. The Morgan fingerprint density at radius 3 is 2.29 bits per heavy atom. The maximum Gasteiger partial charge on any atom is 0.328 e. The second-order valence-electron chi connectivity index (χ2n) is 5.48. The van der Waals surface area contributed by atoms with Crippen LogP contribution >= 0.6 is 11.3 Å². The highest BCUT2D eigenvalue weighted by Gasteiger charge is 2.50. The summed E-state index contributed by atoms with van der Waals surface area (Å²) in [5, 5.41) is 6.38. The Morgan fingerprint density at radius 1 is 1.04 bits per heavy atom. The zero-order chi connectivity index (χ0) is 16.3. The predicted molar refractivity (Wildman–Crippen MR) is 83.5 cm³/mol. The molecule has 24 heavy (non-hydrogen) atoms. The molecular formula is C16H16ClN3O3S. The molecule has 0 aliphatic carbocycles. The molecule has 2 aromatic rings. The number of nitrogens with one attached hydrogen (secondary N) is 3. The van der Waals surface area contributed by atoms with Crippen LogP contribution in [0.2, 0.25) is 0 Å². The van der Waals surface area contributed by atoms with Crippen LogP contribution in [0, 0.1) is 5.41 Å². The highest BCUT2D eigenvalue weighted by molar-refractivity contribution is 7.09. The smallest absolute Gasteiger partial charge is 0.328 e. The third-order valence-electron chi connectivity index (χ3n) is 4.01. The number of urea groups is 1. The molecule has 1 aliphatic heterocycles. The molecular weight excluding hydrogens is 350 g/mol. The molecule has 8 heteroatoms. The van der Waals surface area contributed by atoms with Crippen molar-refractivity contribution in [1.82, 2.24) is 10.6 Å². The van der Waals surface area contributed by atoms with Gasteiger partial charge in [0.15, 0.2) is 12.4 Å². The molecule has 0 spiro atoms. The molecule has 0 atom stereocenters. The molecule has 1 aliphatic rings. The Bertz CT molecular complexity index is 714. The van der Waals surface area contributed by atoms with Gasteiger partial charge in [0.1, 0.15) is 5.41 Å². The number of thiophene rings is 1. The van der Waals surface area contributed by atoms with Crippen molar-refractivity contribution in [2.75, 3.05) is 0 Å². The zero-order valence-corrected chi connectivity index (χ0v) is 14.2. The van der Waals surface area contributed by atoms with Crippen LogP contribution in [0.1, 0.15) is 16.9 Å². The van der Waals surface area contributed by atoms with Gasteiger partial charge in [0, 0.05) is 23.4 Å². The van der Waals surface area contributed by atoms with Crippen LogP contribution < -0.4 is 28.0 Å². The van der Waals surface area contributed by atoms with E-state index in [-0.39, 0.29) is 18.8 Å². The zero-order valence-electron chi connectivity index (χ0n) is 12.7. The molecule has 1 fully saturated rings. The number of aryl methyl sites for hydroxylation is 1. The van der Waals surface area contributed by atoms with Gasteiger partial charge >= 0.3 is 6.03 Å². The molecule has 0 radical (unpaired) electrons. The first-order valence-corrected chi connectivity index (χ1v) is 8.12. The highest BCUT2D eigenvalue weighted by Crippen LogP contribution is 2.33. The van der Waals surface area contributed by atoms with Crippen molar-refractivity contribution in [3.63, 3.8) is 0 Å². The number of rotatable bonds is 5. The maximum absolute atomic E-state index is 12.5. The summed E-state index contributed by atoms with van der Waals surface area (Å²) in [5.41, 5.74) is -0.245. The summed E-state index contributed by atoms with van der Waals surface area (Å²) >= 11 is 1.49. The van der Waals surface area contributed by atoms with Gasteiger partial charge in [0.05, 0.1) is 0 Å². The number of hydrogen-bond acceptors (Lipinski definition) is 4. The lowest BCUT2D eigenvalue weighted by atomic mass is 9.76. The van der Waals surface area contributed by atoms with Gasteiger partial charge in [-0.1, -0.05) is 6.07 Å². The van der Waals surface area contributed by atoms with Gasteiger partial charge < -0.3 is 12.4 Å². The van der Waals surface area contributed by atoms with E-state index < -0.39 is 23.3 Å². The van der Waals surface area contributed by atoms with Crippen LogP contribution in [0.4, 0.5) is 4.79 Å². The number of amides is 4. The molecule has 3 heterocycles. The van der Waals surface area contributed by atoms with Crippen molar-refractivity contribution in [2.45, 2.75) is 19.3 Å². The SMILES string of the molecule is O=C1NC(=O)C(CCc2cc[nH+]cc2)(Cc2cccs2)C(=O)N1.[Cl-]. The number of carbonyl (C=O) groups is 3. The molecule has 3 rings (SSSR count). The summed E-state index contributed by atoms with van der Waals surface area (Å²) in [6, 6.07) is 6.83.